The molecule has 0 spiro atoms. The number of hydrogen-bond acceptors (Lipinski definition) is 3. The van der Waals surface area contributed by atoms with Crippen molar-refractivity contribution in [2.75, 3.05) is 0 Å². The second-order valence-electron chi connectivity index (χ2n) is 5.56. The van der Waals surface area contributed by atoms with Crippen molar-refractivity contribution in [1.29, 1.82) is 0 Å². The number of amides is 2. The van der Waals surface area contributed by atoms with E-state index in [1.54, 1.807) is 6.92 Å². The van der Waals surface area contributed by atoms with E-state index in [0.717, 1.165) is 30.4 Å². The third-order valence-corrected chi connectivity index (χ3v) is 4.01. The van der Waals surface area contributed by atoms with Gasteiger partial charge in [-0.05, 0) is 50.8 Å². The minimum absolute atomic E-state index is 0.0422. The molecule has 1 atom stereocenters. The lowest BCUT2D eigenvalue weighted by Gasteiger charge is -2.24. The lowest BCUT2D eigenvalue weighted by atomic mass is 9.85. The maximum Gasteiger partial charge on any atom is 0.279 e. The SMILES string of the molecule is Cc1cccc(O[C@@H](C)C(=O)NNC(=O)C2CCC2)c1C. The highest BCUT2D eigenvalue weighted by Gasteiger charge is 2.26. The minimum Gasteiger partial charge on any atom is -0.481 e. The molecule has 0 bridgehead atoms. The van der Waals surface area contributed by atoms with Gasteiger partial charge in [0.1, 0.15) is 5.75 Å². The van der Waals surface area contributed by atoms with E-state index in [9.17, 15) is 9.59 Å². The van der Waals surface area contributed by atoms with E-state index in [2.05, 4.69) is 10.9 Å². The first-order valence-corrected chi connectivity index (χ1v) is 7.31. The lowest BCUT2D eigenvalue weighted by molar-refractivity contribution is -0.135. The molecule has 0 radical (unpaired) electrons. The zero-order valence-corrected chi connectivity index (χ0v) is 12.7. The predicted octanol–water partition coefficient (Wildman–Crippen LogP) is 2.02. The number of carbonyl (C=O) groups excluding carboxylic acids is 2. The summed E-state index contributed by atoms with van der Waals surface area (Å²) < 4.78 is 5.66. The number of carbonyl (C=O) groups is 2. The van der Waals surface area contributed by atoms with Crippen LogP contribution in [0.2, 0.25) is 0 Å². The van der Waals surface area contributed by atoms with Crippen LogP contribution in [0.1, 0.15) is 37.3 Å². The summed E-state index contributed by atoms with van der Waals surface area (Å²) in [7, 11) is 0. The van der Waals surface area contributed by atoms with Crippen molar-refractivity contribution in [2.45, 2.75) is 46.1 Å². The van der Waals surface area contributed by atoms with Gasteiger partial charge < -0.3 is 4.74 Å². The summed E-state index contributed by atoms with van der Waals surface area (Å²) in [6.07, 6.45) is 2.21. The number of hydrazine groups is 1. The molecule has 1 aliphatic carbocycles. The maximum absolute atomic E-state index is 11.9. The Bertz CT molecular complexity index is 538. The molecule has 0 unspecified atom stereocenters. The summed E-state index contributed by atoms with van der Waals surface area (Å²) in [6.45, 7) is 5.60. The van der Waals surface area contributed by atoms with E-state index in [1.807, 2.05) is 32.0 Å². The average molecular weight is 290 g/mol. The van der Waals surface area contributed by atoms with Gasteiger partial charge in [0.2, 0.25) is 5.91 Å². The molecule has 0 heterocycles. The quantitative estimate of drug-likeness (QED) is 0.834. The van der Waals surface area contributed by atoms with Crippen LogP contribution in [0, 0.1) is 19.8 Å². The molecule has 1 aromatic rings. The molecule has 1 fully saturated rings. The third-order valence-electron chi connectivity index (χ3n) is 4.01. The summed E-state index contributed by atoms with van der Waals surface area (Å²) in [5, 5.41) is 0. The zero-order valence-electron chi connectivity index (χ0n) is 12.7. The highest BCUT2D eigenvalue weighted by Crippen LogP contribution is 2.26. The zero-order chi connectivity index (χ0) is 15.4. The first-order valence-electron chi connectivity index (χ1n) is 7.31. The predicted molar refractivity (Wildman–Crippen MR) is 79.6 cm³/mol. The van der Waals surface area contributed by atoms with Crippen LogP contribution in [0.25, 0.3) is 0 Å². The van der Waals surface area contributed by atoms with E-state index >= 15 is 0 Å². The molecule has 2 amide bonds. The molecule has 5 heteroatoms. The van der Waals surface area contributed by atoms with Gasteiger partial charge in [-0.3, -0.25) is 20.4 Å². The molecule has 114 valence electrons. The first-order chi connectivity index (χ1) is 9.99. The largest absolute Gasteiger partial charge is 0.481 e. The van der Waals surface area contributed by atoms with Crippen molar-refractivity contribution in [1.82, 2.24) is 10.9 Å². The van der Waals surface area contributed by atoms with Gasteiger partial charge in [0.15, 0.2) is 6.10 Å². The van der Waals surface area contributed by atoms with Gasteiger partial charge in [-0.1, -0.05) is 18.6 Å². The van der Waals surface area contributed by atoms with Crippen LogP contribution in [0.3, 0.4) is 0 Å². The summed E-state index contributed by atoms with van der Waals surface area (Å²) >= 11 is 0. The summed E-state index contributed by atoms with van der Waals surface area (Å²) in [5.74, 6) is 0.251. The number of rotatable bonds is 4. The minimum atomic E-state index is -0.674. The second kappa shape index (κ2) is 6.61. The monoisotopic (exact) mass is 290 g/mol. The third kappa shape index (κ3) is 3.74. The molecule has 2 N–H and O–H groups in total. The Hall–Kier alpha value is -2.04. The standard InChI is InChI=1S/C16H22N2O3/c1-10-6-4-9-14(11(10)2)21-12(3)15(19)17-18-16(20)13-7-5-8-13/h4,6,9,12-13H,5,7-8H2,1-3H3,(H,17,19)(H,18,20)/t12-/m0/s1. The molecular formula is C16H22N2O3. The van der Waals surface area contributed by atoms with Gasteiger partial charge in [0.25, 0.3) is 5.91 Å². The molecule has 0 aromatic heterocycles. The Morgan fingerprint density at radius 2 is 1.95 bits per heavy atom. The van der Waals surface area contributed by atoms with E-state index < -0.39 is 6.10 Å². The number of hydrogen-bond donors (Lipinski definition) is 2. The van der Waals surface area contributed by atoms with E-state index in [0.29, 0.717) is 5.75 Å². The van der Waals surface area contributed by atoms with Crippen molar-refractivity contribution in [3.8, 4) is 5.75 Å². The lowest BCUT2D eigenvalue weighted by Crippen LogP contribution is -2.49. The summed E-state index contributed by atoms with van der Waals surface area (Å²) in [5.41, 5.74) is 7.00. The molecule has 0 saturated heterocycles. The second-order valence-corrected chi connectivity index (χ2v) is 5.56. The van der Waals surface area contributed by atoms with Gasteiger partial charge in [0, 0.05) is 5.92 Å². The van der Waals surface area contributed by atoms with Crippen LogP contribution in [-0.4, -0.2) is 17.9 Å². The average Bonchev–Trinajstić information content (AvgIpc) is 2.39. The van der Waals surface area contributed by atoms with Crippen LogP contribution >= 0.6 is 0 Å². The molecule has 1 aromatic carbocycles. The number of ether oxygens (including phenoxy) is 1. The van der Waals surface area contributed by atoms with Crippen molar-refractivity contribution in [3.63, 3.8) is 0 Å². The fourth-order valence-electron chi connectivity index (χ4n) is 2.09. The van der Waals surface area contributed by atoms with Gasteiger partial charge in [0.05, 0.1) is 0 Å². The smallest absolute Gasteiger partial charge is 0.279 e. The molecule has 0 aliphatic heterocycles. The Morgan fingerprint density at radius 1 is 1.24 bits per heavy atom. The van der Waals surface area contributed by atoms with Gasteiger partial charge in [-0.25, -0.2) is 0 Å². The van der Waals surface area contributed by atoms with Crippen molar-refractivity contribution < 1.29 is 14.3 Å². The molecule has 2 rings (SSSR count). The summed E-state index contributed by atoms with van der Waals surface area (Å²) in [4.78, 5) is 23.6. The highest BCUT2D eigenvalue weighted by atomic mass is 16.5. The van der Waals surface area contributed by atoms with E-state index in [-0.39, 0.29) is 17.7 Å². The Balaban J connectivity index is 1.84. The van der Waals surface area contributed by atoms with Crippen LogP contribution in [0.15, 0.2) is 18.2 Å². The van der Waals surface area contributed by atoms with Gasteiger partial charge in [-0.2, -0.15) is 0 Å². The maximum atomic E-state index is 11.9. The van der Waals surface area contributed by atoms with Crippen LogP contribution in [0.5, 0.6) is 5.75 Å². The van der Waals surface area contributed by atoms with Crippen LogP contribution in [0.4, 0.5) is 0 Å². The molecular weight excluding hydrogens is 268 g/mol. The van der Waals surface area contributed by atoms with Crippen LogP contribution < -0.4 is 15.6 Å². The van der Waals surface area contributed by atoms with Crippen LogP contribution in [-0.2, 0) is 9.59 Å². The number of aryl methyl sites for hydroxylation is 1. The topological polar surface area (TPSA) is 67.4 Å². The highest BCUT2D eigenvalue weighted by molar-refractivity contribution is 5.85. The van der Waals surface area contributed by atoms with Gasteiger partial charge in [-0.15, -0.1) is 0 Å². The van der Waals surface area contributed by atoms with E-state index in [1.165, 1.54) is 0 Å². The molecule has 5 nitrogen and oxygen atoms in total. The Labute approximate surface area is 125 Å². The number of nitrogens with one attached hydrogen (secondary N) is 2. The number of benzene rings is 1. The fraction of sp³-hybridized carbons (Fsp3) is 0.500. The first kappa shape index (κ1) is 15.4. The molecule has 21 heavy (non-hydrogen) atoms. The van der Waals surface area contributed by atoms with Crippen molar-refractivity contribution in [3.05, 3.63) is 29.3 Å². The Morgan fingerprint density at radius 3 is 2.57 bits per heavy atom. The van der Waals surface area contributed by atoms with E-state index in [4.69, 9.17) is 4.74 Å². The normalized spacial score (nSPS) is 15.8. The fourth-order valence-corrected chi connectivity index (χ4v) is 2.09. The molecule has 1 saturated carbocycles. The Kier molecular flexibility index (Phi) is 4.83. The van der Waals surface area contributed by atoms with Crippen molar-refractivity contribution >= 4 is 11.8 Å². The molecule has 1 aliphatic rings. The summed E-state index contributed by atoms with van der Waals surface area (Å²) in [6, 6.07) is 5.71. The van der Waals surface area contributed by atoms with Crippen molar-refractivity contribution in [2.24, 2.45) is 5.92 Å². The van der Waals surface area contributed by atoms with Gasteiger partial charge >= 0.3 is 0 Å².